The summed E-state index contributed by atoms with van der Waals surface area (Å²) in [5.74, 6) is -0.142. The second kappa shape index (κ2) is 9.76. The van der Waals surface area contributed by atoms with Gasteiger partial charge in [-0.15, -0.1) is 0 Å². The number of aromatic nitrogens is 1. The molecule has 0 bridgehead atoms. The number of hydrogen-bond donors (Lipinski definition) is 1. The minimum Gasteiger partial charge on any atom is -0.311 e. The SMILES string of the molecule is Cc1cc(=O)n(C)c2cc(N3C(=O)CCC(NS(=O)(=O)CC(C)C)[C@H]3c3ccc(Cl)cc3)ccc12. The zero-order chi connectivity index (χ0) is 25.5. The summed E-state index contributed by atoms with van der Waals surface area (Å²) >= 11 is 6.12. The first kappa shape index (κ1) is 25.4. The number of nitrogens with zero attached hydrogens (tertiary/aromatic N) is 2. The number of piperidine rings is 1. The van der Waals surface area contributed by atoms with Crippen LogP contribution in [0.4, 0.5) is 5.69 Å². The van der Waals surface area contributed by atoms with E-state index in [1.165, 1.54) is 0 Å². The van der Waals surface area contributed by atoms with Crippen LogP contribution >= 0.6 is 11.6 Å². The van der Waals surface area contributed by atoms with E-state index in [4.69, 9.17) is 11.6 Å². The molecule has 7 nitrogen and oxygen atoms in total. The zero-order valence-electron chi connectivity index (χ0n) is 20.3. The molecule has 1 aliphatic rings. The summed E-state index contributed by atoms with van der Waals surface area (Å²) in [6.45, 7) is 5.59. The topological polar surface area (TPSA) is 88.5 Å². The molecule has 2 aromatic carbocycles. The van der Waals surface area contributed by atoms with Crippen LogP contribution in [0.2, 0.25) is 5.02 Å². The molecule has 0 saturated carbocycles. The van der Waals surface area contributed by atoms with Crippen molar-refractivity contribution in [2.75, 3.05) is 10.7 Å². The number of benzene rings is 2. The molecule has 1 aliphatic heterocycles. The Kier molecular flexibility index (Phi) is 7.09. The normalized spacial score (nSPS) is 19.0. The van der Waals surface area contributed by atoms with Gasteiger partial charge in [-0.2, -0.15) is 0 Å². The van der Waals surface area contributed by atoms with E-state index in [-0.39, 0.29) is 29.6 Å². The van der Waals surface area contributed by atoms with Crippen LogP contribution in [0.25, 0.3) is 10.9 Å². The molecule has 2 heterocycles. The largest absolute Gasteiger partial charge is 0.311 e. The fourth-order valence-electron chi connectivity index (χ4n) is 4.84. The quantitative estimate of drug-likeness (QED) is 0.529. The predicted molar refractivity (Wildman–Crippen MR) is 140 cm³/mol. The Balaban J connectivity index is 1.86. The number of carbonyl (C=O) groups is 1. The molecule has 1 fully saturated rings. The Hall–Kier alpha value is -2.68. The van der Waals surface area contributed by atoms with Gasteiger partial charge in [-0.3, -0.25) is 9.59 Å². The Morgan fingerprint density at radius 3 is 2.43 bits per heavy atom. The first-order chi connectivity index (χ1) is 16.5. The molecule has 2 atom stereocenters. The van der Waals surface area contributed by atoms with Gasteiger partial charge in [-0.05, 0) is 54.7 Å². The summed E-state index contributed by atoms with van der Waals surface area (Å²) in [7, 11) is -1.86. The van der Waals surface area contributed by atoms with Crippen LogP contribution in [0.15, 0.2) is 53.3 Å². The number of nitrogens with one attached hydrogen (secondary N) is 1. The first-order valence-corrected chi connectivity index (χ1v) is 13.7. The van der Waals surface area contributed by atoms with Gasteiger partial charge < -0.3 is 9.47 Å². The summed E-state index contributed by atoms with van der Waals surface area (Å²) in [5.41, 5.74) is 2.81. The molecule has 186 valence electrons. The van der Waals surface area contributed by atoms with Gasteiger partial charge in [-0.1, -0.05) is 43.6 Å². The number of carbonyl (C=O) groups excluding carboxylic acids is 1. The molecule has 1 saturated heterocycles. The summed E-state index contributed by atoms with van der Waals surface area (Å²) in [4.78, 5) is 27.4. The standard InChI is InChI=1S/C26H30ClN3O4S/c1-16(2)15-35(33,34)28-22-11-12-24(31)30(26(22)18-5-7-19(27)8-6-18)20-9-10-21-17(3)13-25(32)29(4)23(21)14-20/h5-10,13-14,16,22,26,28H,11-12,15H2,1-4H3/t22?,26-/m1/s1. The Labute approximate surface area is 210 Å². The van der Waals surface area contributed by atoms with Crippen molar-refractivity contribution in [3.8, 4) is 0 Å². The van der Waals surface area contributed by atoms with Crippen LogP contribution in [0.5, 0.6) is 0 Å². The van der Waals surface area contributed by atoms with Crippen molar-refractivity contribution in [2.24, 2.45) is 13.0 Å². The molecule has 4 rings (SSSR count). The van der Waals surface area contributed by atoms with Crippen molar-refractivity contribution in [3.63, 3.8) is 0 Å². The summed E-state index contributed by atoms with van der Waals surface area (Å²) < 4.78 is 30.2. The Morgan fingerprint density at radius 1 is 1.09 bits per heavy atom. The zero-order valence-corrected chi connectivity index (χ0v) is 21.9. The van der Waals surface area contributed by atoms with E-state index in [2.05, 4.69) is 4.72 Å². The Morgan fingerprint density at radius 2 is 1.77 bits per heavy atom. The average Bonchev–Trinajstić information content (AvgIpc) is 2.78. The molecular weight excluding hydrogens is 486 g/mol. The van der Waals surface area contributed by atoms with Crippen LogP contribution < -0.4 is 15.2 Å². The van der Waals surface area contributed by atoms with E-state index in [1.807, 2.05) is 51.1 Å². The van der Waals surface area contributed by atoms with Gasteiger partial charge >= 0.3 is 0 Å². The van der Waals surface area contributed by atoms with E-state index in [0.717, 1.165) is 16.5 Å². The third-order valence-corrected chi connectivity index (χ3v) is 8.43. The number of amides is 1. The highest BCUT2D eigenvalue weighted by Gasteiger charge is 2.39. The summed E-state index contributed by atoms with van der Waals surface area (Å²) in [6, 6.07) is 13.2. The molecule has 0 spiro atoms. The lowest BCUT2D eigenvalue weighted by Crippen LogP contribution is -2.53. The fourth-order valence-corrected chi connectivity index (χ4v) is 6.65. The maximum Gasteiger partial charge on any atom is 0.251 e. The van der Waals surface area contributed by atoms with Crippen molar-refractivity contribution in [1.29, 1.82) is 0 Å². The molecule has 0 radical (unpaired) electrons. The van der Waals surface area contributed by atoms with E-state index in [9.17, 15) is 18.0 Å². The third-order valence-electron chi connectivity index (χ3n) is 6.41. The molecule has 1 unspecified atom stereocenters. The maximum atomic E-state index is 13.3. The van der Waals surface area contributed by atoms with Gasteiger partial charge in [0.15, 0.2) is 0 Å². The lowest BCUT2D eigenvalue weighted by Gasteiger charge is -2.42. The molecule has 1 aromatic heterocycles. The van der Waals surface area contributed by atoms with Crippen LogP contribution in [0, 0.1) is 12.8 Å². The van der Waals surface area contributed by atoms with Crippen LogP contribution in [0.1, 0.15) is 43.9 Å². The van der Waals surface area contributed by atoms with Gasteiger partial charge in [0.1, 0.15) is 0 Å². The smallest absolute Gasteiger partial charge is 0.251 e. The van der Waals surface area contributed by atoms with Gasteiger partial charge in [0.25, 0.3) is 5.56 Å². The lowest BCUT2D eigenvalue weighted by atomic mass is 9.90. The molecular formula is C26H30ClN3O4S. The number of aryl methyl sites for hydroxylation is 2. The number of rotatable bonds is 6. The van der Waals surface area contributed by atoms with E-state index in [0.29, 0.717) is 22.6 Å². The van der Waals surface area contributed by atoms with Crippen molar-refractivity contribution < 1.29 is 13.2 Å². The predicted octanol–water partition coefficient (Wildman–Crippen LogP) is 4.31. The maximum absolute atomic E-state index is 13.3. The molecule has 3 aromatic rings. The summed E-state index contributed by atoms with van der Waals surface area (Å²) in [6.07, 6.45) is 0.578. The van der Waals surface area contributed by atoms with E-state index in [1.54, 1.807) is 34.7 Å². The second-order valence-corrected chi connectivity index (χ2v) is 11.9. The number of sulfonamides is 1. The van der Waals surface area contributed by atoms with E-state index >= 15 is 0 Å². The van der Waals surface area contributed by atoms with Gasteiger partial charge in [-0.25, -0.2) is 13.1 Å². The highest BCUT2D eigenvalue weighted by atomic mass is 35.5. The van der Waals surface area contributed by atoms with Crippen LogP contribution in [0.3, 0.4) is 0 Å². The third kappa shape index (κ3) is 5.29. The van der Waals surface area contributed by atoms with Crippen LogP contribution in [-0.2, 0) is 21.9 Å². The highest BCUT2D eigenvalue weighted by molar-refractivity contribution is 7.89. The van der Waals surface area contributed by atoms with Crippen molar-refractivity contribution >= 4 is 44.1 Å². The Bertz CT molecular complexity index is 1430. The number of halogens is 1. The molecule has 9 heteroatoms. The van der Waals surface area contributed by atoms with Crippen molar-refractivity contribution in [1.82, 2.24) is 9.29 Å². The number of pyridine rings is 1. The monoisotopic (exact) mass is 515 g/mol. The number of hydrogen-bond acceptors (Lipinski definition) is 4. The fraction of sp³-hybridized carbons (Fsp3) is 0.385. The van der Waals surface area contributed by atoms with Gasteiger partial charge in [0.2, 0.25) is 15.9 Å². The van der Waals surface area contributed by atoms with Crippen molar-refractivity contribution in [3.05, 3.63) is 75.0 Å². The number of fused-ring (bicyclic) bond motifs is 1. The van der Waals surface area contributed by atoms with E-state index < -0.39 is 22.1 Å². The molecule has 35 heavy (non-hydrogen) atoms. The van der Waals surface area contributed by atoms with Gasteiger partial charge in [0.05, 0.1) is 17.3 Å². The molecule has 0 aliphatic carbocycles. The number of anilines is 1. The van der Waals surface area contributed by atoms with Gasteiger partial charge in [0, 0.05) is 41.7 Å². The lowest BCUT2D eigenvalue weighted by molar-refractivity contribution is -0.120. The molecule has 1 amide bonds. The minimum absolute atomic E-state index is 0.00213. The second-order valence-electron chi connectivity index (χ2n) is 9.62. The summed E-state index contributed by atoms with van der Waals surface area (Å²) in [5, 5.41) is 1.47. The first-order valence-electron chi connectivity index (χ1n) is 11.6. The van der Waals surface area contributed by atoms with Crippen LogP contribution in [-0.4, -0.2) is 30.7 Å². The molecule has 1 N–H and O–H groups in total. The average molecular weight is 516 g/mol. The highest BCUT2D eigenvalue weighted by Crippen LogP contribution is 2.38. The minimum atomic E-state index is -3.56. The van der Waals surface area contributed by atoms with Crippen molar-refractivity contribution in [2.45, 2.75) is 45.7 Å².